The quantitative estimate of drug-likeness (QED) is 0.296. The predicted molar refractivity (Wildman–Crippen MR) is 154 cm³/mol. The van der Waals surface area contributed by atoms with Crippen LogP contribution in [0.2, 0.25) is 0 Å². The number of likely N-dealkylation sites (tertiary alicyclic amines) is 2. The van der Waals surface area contributed by atoms with Crippen molar-refractivity contribution in [3.8, 4) is 11.5 Å². The second-order valence-corrected chi connectivity index (χ2v) is 10.8. The zero-order valence-electron chi connectivity index (χ0n) is 21.9. The number of aromatic hydroxyl groups is 2. The normalized spacial score (nSPS) is 17.6. The smallest absolute Gasteiger partial charge is 0.146 e. The van der Waals surface area contributed by atoms with Gasteiger partial charge in [-0.05, 0) is 87.3 Å². The molecule has 2 aromatic carbocycles. The van der Waals surface area contributed by atoms with Gasteiger partial charge in [-0.3, -0.25) is 19.8 Å². The molecule has 4 heterocycles. The first-order valence-electron chi connectivity index (χ1n) is 14.0. The topological polar surface area (TPSA) is 72.7 Å². The summed E-state index contributed by atoms with van der Waals surface area (Å²) in [6, 6.07) is 12.1. The predicted octanol–water partition coefficient (Wildman–Crippen LogP) is 6.34. The van der Waals surface area contributed by atoms with Gasteiger partial charge in [0, 0.05) is 47.4 Å². The van der Waals surface area contributed by atoms with E-state index in [4.69, 9.17) is 0 Å². The number of fused-ring (bicyclic) bond motifs is 2. The van der Waals surface area contributed by atoms with Gasteiger partial charge in [-0.1, -0.05) is 37.1 Å². The van der Waals surface area contributed by atoms with E-state index in [1.807, 2.05) is 24.3 Å². The molecule has 0 unspecified atom stereocenters. The maximum atomic E-state index is 11.1. The maximum absolute atomic E-state index is 11.1. The van der Waals surface area contributed by atoms with Gasteiger partial charge in [-0.15, -0.1) is 0 Å². The van der Waals surface area contributed by atoms with Crippen LogP contribution in [0.5, 0.6) is 11.5 Å². The molecular formula is C32H36N4O2. The van der Waals surface area contributed by atoms with E-state index >= 15 is 0 Å². The molecule has 196 valence electrons. The number of nitrogens with zero attached hydrogens (tertiary/aromatic N) is 4. The molecule has 2 aromatic heterocycles. The largest absolute Gasteiger partial charge is 0.505 e. The number of piperidine rings is 2. The molecule has 6 heteroatoms. The van der Waals surface area contributed by atoms with Crippen molar-refractivity contribution in [2.75, 3.05) is 26.2 Å². The van der Waals surface area contributed by atoms with E-state index in [1.54, 1.807) is 12.4 Å². The molecule has 6 nitrogen and oxygen atoms in total. The van der Waals surface area contributed by atoms with Crippen molar-refractivity contribution in [1.29, 1.82) is 0 Å². The van der Waals surface area contributed by atoms with Gasteiger partial charge < -0.3 is 10.2 Å². The first-order valence-corrected chi connectivity index (χ1v) is 14.0. The first-order chi connectivity index (χ1) is 18.7. The van der Waals surface area contributed by atoms with Crippen LogP contribution in [0.4, 0.5) is 0 Å². The summed E-state index contributed by atoms with van der Waals surface area (Å²) in [7, 11) is 0. The van der Waals surface area contributed by atoms with Crippen molar-refractivity contribution in [1.82, 2.24) is 19.8 Å². The molecule has 0 saturated carbocycles. The van der Waals surface area contributed by atoms with E-state index in [-0.39, 0.29) is 11.5 Å². The number of hydrogen-bond acceptors (Lipinski definition) is 6. The summed E-state index contributed by atoms with van der Waals surface area (Å²) in [5.41, 5.74) is 5.18. The van der Waals surface area contributed by atoms with Crippen LogP contribution >= 0.6 is 0 Å². The van der Waals surface area contributed by atoms with Crippen molar-refractivity contribution < 1.29 is 10.2 Å². The van der Waals surface area contributed by atoms with Gasteiger partial charge >= 0.3 is 0 Å². The molecule has 38 heavy (non-hydrogen) atoms. The number of phenolic OH excluding ortho intramolecular Hbond substituents is 2. The molecule has 0 atom stereocenters. The highest BCUT2D eigenvalue weighted by atomic mass is 16.3. The minimum Gasteiger partial charge on any atom is -0.505 e. The Morgan fingerprint density at radius 2 is 1.05 bits per heavy atom. The van der Waals surface area contributed by atoms with E-state index in [9.17, 15) is 10.2 Å². The Balaban J connectivity index is 1.40. The number of pyridine rings is 2. The summed E-state index contributed by atoms with van der Waals surface area (Å²) in [4.78, 5) is 13.9. The number of benzene rings is 2. The van der Waals surface area contributed by atoms with Crippen LogP contribution in [-0.4, -0.2) is 56.2 Å². The molecule has 2 fully saturated rings. The van der Waals surface area contributed by atoms with Crippen molar-refractivity contribution in [2.45, 2.75) is 51.6 Å². The highest BCUT2D eigenvalue weighted by molar-refractivity contribution is 5.98. The summed E-state index contributed by atoms with van der Waals surface area (Å²) in [6.45, 7) is 5.72. The standard InChI is InChI=1S/C32H36N4O2/c37-31-25(21-35-15-3-1-4-16-35)19-23(27-9-7-13-33-29(27)31)11-12-24-20-26(22-36-17-5-2-6-18-36)32(38)30-28(24)10-8-14-34-30/h7-14,19-20,37-38H,1-6,15-18,21-22H2/b12-11+. The molecule has 2 aliphatic rings. The van der Waals surface area contributed by atoms with Crippen molar-refractivity contribution in [3.05, 3.63) is 71.0 Å². The number of hydrogen-bond donors (Lipinski definition) is 2. The van der Waals surface area contributed by atoms with Crippen LogP contribution in [0.3, 0.4) is 0 Å². The Morgan fingerprint density at radius 1 is 0.632 bits per heavy atom. The molecule has 6 rings (SSSR count). The Bertz CT molecular complexity index is 1360. The molecule has 2 saturated heterocycles. The zero-order valence-corrected chi connectivity index (χ0v) is 21.9. The Labute approximate surface area is 224 Å². The summed E-state index contributed by atoms with van der Waals surface area (Å²) < 4.78 is 0. The van der Waals surface area contributed by atoms with E-state index in [0.717, 1.165) is 72.3 Å². The van der Waals surface area contributed by atoms with Gasteiger partial charge in [0.25, 0.3) is 0 Å². The van der Waals surface area contributed by atoms with Crippen LogP contribution in [-0.2, 0) is 13.1 Å². The molecule has 4 aromatic rings. The molecule has 0 amide bonds. The van der Waals surface area contributed by atoms with Crippen molar-refractivity contribution in [2.24, 2.45) is 0 Å². The fourth-order valence-corrected chi connectivity index (χ4v) is 6.04. The zero-order chi connectivity index (χ0) is 25.9. The van der Waals surface area contributed by atoms with Gasteiger partial charge in [-0.2, -0.15) is 0 Å². The van der Waals surface area contributed by atoms with Crippen LogP contribution in [0.25, 0.3) is 34.0 Å². The van der Waals surface area contributed by atoms with E-state index < -0.39 is 0 Å². The highest BCUT2D eigenvalue weighted by Gasteiger charge is 2.18. The molecule has 0 bridgehead atoms. The molecular weight excluding hydrogens is 472 g/mol. The molecule has 0 aliphatic carbocycles. The van der Waals surface area contributed by atoms with Gasteiger partial charge in [0.2, 0.25) is 0 Å². The third-order valence-electron chi connectivity index (χ3n) is 8.08. The Hall–Kier alpha value is -3.48. The Morgan fingerprint density at radius 3 is 1.47 bits per heavy atom. The SMILES string of the molecule is Oc1c(CN2CCCCC2)cc(/C=C/c2cc(CN3CCCCC3)c(O)c3ncccc23)c2cccnc12. The lowest BCUT2D eigenvalue weighted by Crippen LogP contribution is -2.29. The van der Waals surface area contributed by atoms with Gasteiger partial charge in [0.05, 0.1) is 0 Å². The van der Waals surface area contributed by atoms with E-state index in [1.165, 1.54) is 38.5 Å². The maximum Gasteiger partial charge on any atom is 0.146 e. The van der Waals surface area contributed by atoms with Crippen molar-refractivity contribution >= 4 is 34.0 Å². The summed E-state index contributed by atoms with van der Waals surface area (Å²) >= 11 is 0. The monoisotopic (exact) mass is 508 g/mol. The average molecular weight is 509 g/mol. The molecule has 0 spiro atoms. The summed E-state index contributed by atoms with van der Waals surface area (Å²) in [6.07, 6.45) is 15.1. The lowest BCUT2D eigenvalue weighted by Gasteiger charge is -2.27. The second kappa shape index (κ2) is 11.1. The van der Waals surface area contributed by atoms with Crippen LogP contribution in [0.15, 0.2) is 48.8 Å². The summed E-state index contributed by atoms with van der Waals surface area (Å²) in [5.74, 6) is 0.567. The lowest BCUT2D eigenvalue weighted by atomic mass is 9.98. The second-order valence-electron chi connectivity index (χ2n) is 10.8. The third-order valence-corrected chi connectivity index (χ3v) is 8.08. The molecule has 2 N–H and O–H groups in total. The van der Waals surface area contributed by atoms with Crippen LogP contribution in [0.1, 0.15) is 60.8 Å². The fourth-order valence-electron chi connectivity index (χ4n) is 6.04. The van der Waals surface area contributed by atoms with E-state index in [0.29, 0.717) is 11.0 Å². The highest BCUT2D eigenvalue weighted by Crippen LogP contribution is 2.35. The molecule has 2 aliphatic heterocycles. The van der Waals surface area contributed by atoms with E-state index in [2.05, 4.69) is 44.1 Å². The number of aromatic nitrogens is 2. The average Bonchev–Trinajstić information content (AvgIpc) is 2.97. The summed E-state index contributed by atoms with van der Waals surface area (Å²) in [5, 5.41) is 24.1. The van der Waals surface area contributed by atoms with Gasteiger partial charge in [0.1, 0.15) is 22.5 Å². The van der Waals surface area contributed by atoms with Crippen LogP contribution < -0.4 is 0 Å². The minimum absolute atomic E-state index is 0.284. The molecule has 0 radical (unpaired) electrons. The van der Waals surface area contributed by atoms with Gasteiger partial charge in [-0.25, -0.2) is 0 Å². The Kier molecular flexibility index (Phi) is 7.25. The van der Waals surface area contributed by atoms with Crippen LogP contribution in [0, 0.1) is 0 Å². The van der Waals surface area contributed by atoms with Gasteiger partial charge in [0.15, 0.2) is 0 Å². The third kappa shape index (κ3) is 5.11. The minimum atomic E-state index is 0.284. The number of phenols is 2. The van der Waals surface area contributed by atoms with Crippen molar-refractivity contribution in [3.63, 3.8) is 0 Å². The lowest BCUT2D eigenvalue weighted by molar-refractivity contribution is 0.218. The number of rotatable bonds is 6. The first kappa shape index (κ1) is 24.8. The fraction of sp³-hybridized carbons (Fsp3) is 0.375.